The van der Waals surface area contributed by atoms with Crippen LogP contribution in [-0.2, 0) is 21.6 Å². The SMILES string of the molecule is CNC(=O)CCN(C)C(=O)c1cc2c(s1)CCOC21CCN(C)CC1. The van der Waals surface area contributed by atoms with Gasteiger partial charge in [0.2, 0.25) is 5.91 Å². The smallest absolute Gasteiger partial charge is 0.263 e. The molecule has 2 aliphatic rings. The molecule has 0 aromatic carbocycles. The summed E-state index contributed by atoms with van der Waals surface area (Å²) in [5, 5.41) is 2.59. The lowest BCUT2D eigenvalue weighted by atomic mass is 9.82. The van der Waals surface area contributed by atoms with Crippen LogP contribution in [0.15, 0.2) is 6.07 Å². The molecule has 2 aliphatic heterocycles. The predicted octanol–water partition coefficient (Wildman–Crippen LogP) is 1.45. The summed E-state index contributed by atoms with van der Waals surface area (Å²) in [6.07, 6.45) is 3.16. The van der Waals surface area contributed by atoms with E-state index < -0.39 is 0 Å². The quantitative estimate of drug-likeness (QED) is 0.877. The van der Waals surface area contributed by atoms with E-state index in [1.165, 1.54) is 10.4 Å². The lowest BCUT2D eigenvalue weighted by Gasteiger charge is -2.43. The van der Waals surface area contributed by atoms with E-state index in [9.17, 15) is 9.59 Å². The molecule has 3 heterocycles. The second-order valence-electron chi connectivity index (χ2n) is 6.99. The summed E-state index contributed by atoms with van der Waals surface area (Å²) in [5.74, 6) is -0.0600. The monoisotopic (exact) mass is 365 g/mol. The molecule has 3 rings (SSSR count). The maximum atomic E-state index is 12.7. The van der Waals surface area contributed by atoms with Crippen LogP contribution in [-0.4, -0.2) is 69.0 Å². The third-order valence-electron chi connectivity index (χ3n) is 5.31. The molecule has 25 heavy (non-hydrogen) atoms. The number of nitrogens with zero attached hydrogens (tertiary/aromatic N) is 2. The van der Waals surface area contributed by atoms with Gasteiger partial charge in [-0.15, -0.1) is 11.3 Å². The number of fused-ring (bicyclic) bond motifs is 2. The zero-order valence-corrected chi connectivity index (χ0v) is 16.1. The lowest BCUT2D eigenvalue weighted by Crippen LogP contribution is -2.44. The first-order valence-corrected chi connectivity index (χ1v) is 9.68. The lowest BCUT2D eigenvalue weighted by molar-refractivity contribution is -0.120. The van der Waals surface area contributed by atoms with E-state index >= 15 is 0 Å². The fourth-order valence-corrected chi connectivity index (χ4v) is 4.83. The molecule has 1 fully saturated rings. The van der Waals surface area contributed by atoms with Crippen molar-refractivity contribution >= 4 is 23.2 Å². The Kier molecular flexibility index (Phi) is 5.46. The van der Waals surface area contributed by atoms with Crippen LogP contribution in [0, 0.1) is 0 Å². The van der Waals surface area contributed by atoms with Crippen LogP contribution in [0.4, 0.5) is 0 Å². The van der Waals surface area contributed by atoms with Crippen LogP contribution in [0.1, 0.15) is 39.4 Å². The normalized spacial score (nSPS) is 19.5. The predicted molar refractivity (Wildman–Crippen MR) is 98.0 cm³/mol. The Morgan fingerprint density at radius 3 is 2.80 bits per heavy atom. The summed E-state index contributed by atoms with van der Waals surface area (Å²) in [4.78, 5) is 30.1. The zero-order chi connectivity index (χ0) is 18.0. The molecule has 1 aromatic heterocycles. The van der Waals surface area contributed by atoms with Crippen molar-refractivity contribution in [3.63, 3.8) is 0 Å². The molecule has 2 amide bonds. The largest absolute Gasteiger partial charge is 0.370 e. The van der Waals surface area contributed by atoms with Gasteiger partial charge in [-0.2, -0.15) is 0 Å². The number of piperidine rings is 1. The molecular weight excluding hydrogens is 338 g/mol. The number of carbonyl (C=O) groups is 2. The molecule has 7 heteroatoms. The third kappa shape index (κ3) is 3.73. The number of amides is 2. The highest BCUT2D eigenvalue weighted by Crippen LogP contribution is 2.44. The van der Waals surface area contributed by atoms with E-state index in [4.69, 9.17) is 4.74 Å². The van der Waals surface area contributed by atoms with Gasteiger partial charge < -0.3 is 19.9 Å². The minimum atomic E-state index is -0.213. The molecule has 1 aromatic rings. The van der Waals surface area contributed by atoms with Gasteiger partial charge in [-0.1, -0.05) is 0 Å². The van der Waals surface area contributed by atoms with E-state index in [-0.39, 0.29) is 17.4 Å². The van der Waals surface area contributed by atoms with Gasteiger partial charge in [0.05, 0.1) is 17.1 Å². The zero-order valence-electron chi connectivity index (χ0n) is 15.3. The molecule has 0 bridgehead atoms. The second-order valence-corrected chi connectivity index (χ2v) is 8.13. The van der Waals surface area contributed by atoms with Crippen LogP contribution in [0.25, 0.3) is 0 Å². The van der Waals surface area contributed by atoms with Crippen molar-refractivity contribution in [3.8, 4) is 0 Å². The standard InChI is InChI=1S/C18H27N3O3S/c1-19-16(22)4-8-21(3)17(23)15-12-13-14(25-15)5-11-24-18(13)6-9-20(2)10-7-18/h12H,4-11H2,1-3H3,(H,19,22). The summed E-state index contributed by atoms with van der Waals surface area (Å²) < 4.78 is 6.23. The minimum absolute atomic E-state index is 0.00798. The summed E-state index contributed by atoms with van der Waals surface area (Å²) in [6.45, 7) is 3.19. The molecule has 0 radical (unpaired) electrons. The van der Waals surface area contributed by atoms with Gasteiger partial charge in [0, 0.05) is 51.4 Å². The summed E-state index contributed by atoms with van der Waals surface area (Å²) in [7, 11) is 5.50. The summed E-state index contributed by atoms with van der Waals surface area (Å²) in [5.41, 5.74) is 1.01. The highest BCUT2D eigenvalue weighted by atomic mass is 32.1. The van der Waals surface area contributed by atoms with Crippen molar-refractivity contribution < 1.29 is 14.3 Å². The number of thiophene rings is 1. The molecule has 1 N–H and O–H groups in total. The van der Waals surface area contributed by atoms with Crippen LogP contribution in [0.2, 0.25) is 0 Å². The Morgan fingerprint density at radius 1 is 1.40 bits per heavy atom. The van der Waals surface area contributed by atoms with Crippen LogP contribution < -0.4 is 5.32 Å². The topological polar surface area (TPSA) is 61.9 Å². The molecule has 1 saturated heterocycles. The molecule has 0 saturated carbocycles. The van der Waals surface area contributed by atoms with Gasteiger partial charge in [0.1, 0.15) is 0 Å². The average Bonchev–Trinajstić information content (AvgIpc) is 3.07. The molecule has 0 aliphatic carbocycles. The number of hydrogen-bond donors (Lipinski definition) is 1. The molecule has 0 atom stereocenters. The highest BCUT2D eigenvalue weighted by molar-refractivity contribution is 7.14. The molecule has 6 nitrogen and oxygen atoms in total. The molecular formula is C18H27N3O3S. The van der Waals surface area contributed by atoms with E-state index in [0.29, 0.717) is 13.0 Å². The fourth-order valence-electron chi connectivity index (χ4n) is 3.60. The Morgan fingerprint density at radius 2 is 2.12 bits per heavy atom. The fraction of sp³-hybridized carbons (Fsp3) is 0.667. The number of ether oxygens (including phenoxy) is 1. The third-order valence-corrected chi connectivity index (χ3v) is 6.50. The summed E-state index contributed by atoms with van der Waals surface area (Å²) in [6, 6.07) is 2.04. The van der Waals surface area contributed by atoms with E-state index in [1.54, 1.807) is 30.3 Å². The number of likely N-dealkylation sites (tertiary alicyclic amines) is 1. The highest BCUT2D eigenvalue weighted by Gasteiger charge is 2.41. The van der Waals surface area contributed by atoms with Crippen molar-refractivity contribution in [2.45, 2.75) is 31.3 Å². The first-order valence-electron chi connectivity index (χ1n) is 8.87. The Bertz CT molecular complexity index is 650. The van der Waals surface area contributed by atoms with E-state index in [2.05, 4.69) is 17.3 Å². The van der Waals surface area contributed by atoms with Crippen molar-refractivity contribution in [2.24, 2.45) is 0 Å². The first-order chi connectivity index (χ1) is 11.9. The van der Waals surface area contributed by atoms with Gasteiger partial charge in [-0.05, 0) is 31.5 Å². The van der Waals surface area contributed by atoms with Crippen molar-refractivity contribution in [1.82, 2.24) is 15.1 Å². The first kappa shape index (κ1) is 18.4. The summed E-state index contributed by atoms with van der Waals surface area (Å²) >= 11 is 1.59. The average molecular weight is 365 g/mol. The molecule has 138 valence electrons. The van der Waals surface area contributed by atoms with Crippen LogP contribution in [0.5, 0.6) is 0 Å². The minimum Gasteiger partial charge on any atom is -0.370 e. The van der Waals surface area contributed by atoms with Gasteiger partial charge >= 0.3 is 0 Å². The Hall–Kier alpha value is -1.44. The number of nitrogens with one attached hydrogen (secondary N) is 1. The molecule has 0 unspecified atom stereocenters. The van der Waals surface area contributed by atoms with Gasteiger partial charge in [-0.25, -0.2) is 0 Å². The van der Waals surface area contributed by atoms with Crippen LogP contribution in [0.3, 0.4) is 0 Å². The maximum Gasteiger partial charge on any atom is 0.263 e. The van der Waals surface area contributed by atoms with Crippen LogP contribution >= 0.6 is 11.3 Å². The van der Waals surface area contributed by atoms with E-state index in [1.807, 2.05) is 6.07 Å². The van der Waals surface area contributed by atoms with Crippen molar-refractivity contribution in [2.75, 3.05) is 47.4 Å². The number of carbonyl (C=O) groups excluding carboxylic acids is 2. The van der Waals surface area contributed by atoms with E-state index in [0.717, 1.165) is 43.8 Å². The Balaban J connectivity index is 1.76. The Labute approximate surface area is 153 Å². The maximum absolute atomic E-state index is 12.7. The van der Waals surface area contributed by atoms with Gasteiger partial charge in [-0.3, -0.25) is 9.59 Å². The molecule has 1 spiro atoms. The van der Waals surface area contributed by atoms with Crippen molar-refractivity contribution in [3.05, 3.63) is 21.4 Å². The van der Waals surface area contributed by atoms with Gasteiger partial charge in [0.25, 0.3) is 5.91 Å². The van der Waals surface area contributed by atoms with Gasteiger partial charge in [0.15, 0.2) is 0 Å². The van der Waals surface area contributed by atoms with Crippen molar-refractivity contribution in [1.29, 1.82) is 0 Å². The second kappa shape index (κ2) is 7.43. The number of rotatable bonds is 4. The number of hydrogen-bond acceptors (Lipinski definition) is 5.